The third kappa shape index (κ3) is 4.44. The van der Waals surface area contributed by atoms with Crippen LogP contribution in [0.3, 0.4) is 0 Å². The lowest BCUT2D eigenvalue weighted by Crippen LogP contribution is -2.27. The standard InChI is InChI=1S/C13H16N2O6/c1-3-21-12-9(5-4-6-10(12)15(18)19)13(17)14-8-7-11(16)20-2/h4-6H,3,7-8H2,1-2H3,(H,14,17). The maximum atomic E-state index is 12.0. The molecule has 1 aromatic rings. The number of benzene rings is 1. The lowest BCUT2D eigenvalue weighted by molar-refractivity contribution is -0.385. The highest BCUT2D eigenvalue weighted by Crippen LogP contribution is 2.30. The van der Waals surface area contributed by atoms with Crippen molar-refractivity contribution >= 4 is 17.6 Å². The third-order valence-electron chi connectivity index (χ3n) is 2.57. The van der Waals surface area contributed by atoms with Crippen LogP contribution < -0.4 is 10.1 Å². The summed E-state index contributed by atoms with van der Waals surface area (Å²) in [5, 5.41) is 13.4. The number of carbonyl (C=O) groups is 2. The van der Waals surface area contributed by atoms with E-state index >= 15 is 0 Å². The van der Waals surface area contributed by atoms with E-state index < -0.39 is 16.8 Å². The van der Waals surface area contributed by atoms with Crippen LogP contribution in [-0.2, 0) is 9.53 Å². The van der Waals surface area contributed by atoms with Gasteiger partial charge in [0, 0.05) is 12.6 Å². The Morgan fingerprint density at radius 1 is 1.38 bits per heavy atom. The van der Waals surface area contributed by atoms with Gasteiger partial charge in [-0.25, -0.2) is 0 Å². The van der Waals surface area contributed by atoms with Gasteiger partial charge in [-0.05, 0) is 13.0 Å². The molecule has 0 radical (unpaired) electrons. The average molecular weight is 296 g/mol. The SMILES string of the molecule is CCOc1c(C(=O)NCCC(=O)OC)cccc1[N+](=O)[O-]. The maximum absolute atomic E-state index is 12.0. The first kappa shape index (κ1) is 16.4. The summed E-state index contributed by atoms with van der Waals surface area (Å²) in [6.07, 6.45) is 0.0150. The van der Waals surface area contributed by atoms with Gasteiger partial charge in [0.15, 0.2) is 0 Å². The van der Waals surface area contributed by atoms with Gasteiger partial charge in [0.2, 0.25) is 5.75 Å². The van der Waals surface area contributed by atoms with Gasteiger partial charge >= 0.3 is 11.7 Å². The van der Waals surface area contributed by atoms with Crippen LogP contribution in [0.1, 0.15) is 23.7 Å². The monoisotopic (exact) mass is 296 g/mol. The van der Waals surface area contributed by atoms with Crippen LogP contribution in [0.25, 0.3) is 0 Å². The number of para-hydroxylation sites is 1. The van der Waals surface area contributed by atoms with Crippen molar-refractivity contribution < 1.29 is 24.0 Å². The summed E-state index contributed by atoms with van der Waals surface area (Å²) in [6.45, 7) is 1.92. The summed E-state index contributed by atoms with van der Waals surface area (Å²) in [6, 6.07) is 4.08. The molecule has 8 nitrogen and oxygen atoms in total. The number of nitrogens with zero attached hydrogens (tertiary/aromatic N) is 1. The van der Waals surface area contributed by atoms with Crippen molar-refractivity contribution in [2.75, 3.05) is 20.3 Å². The van der Waals surface area contributed by atoms with Crippen molar-refractivity contribution in [2.45, 2.75) is 13.3 Å². The zero-order valence-corrected chi connectivity index (χ0v) is 11.8. The molecule has 0 aromatic heterocycles. The van der Waals surface area contributed by atoms with Crippen LogP contribution in [0.15, 0.2) is 18.2 Å². The van der Waals surface area contributed by atoms with Gasteiger partial charge in [0.05, 0.1) is 30.6 Å². The molecule has 8 heteroatoms. The van der Waals surface area contributed by atoms with Gasteiger partial charge < -0.3 is 14.8 Å². The summed E-state index contributed by atoms with van der Waals surface area (Å²) < 4.78 is 9.65. The van der Waals surface area contributed by atoms with E-state index in [1.54, 1.807) is 6.92 Å². The van der Waals surface area contributed by atoms with Crippen LogP contribution in [0.2, 0.25) is 0 Å². The largest absolute Gasteiger partial charge is 0.487 e. The molecule has 0 aliphatic carbocycles. The Bertz CT molecular complexity index is 543. The molecular formula is C13H16N2O6. The fraction of sp³-hybridized carbons (Fsp3) is 0.385. The number of amides is 1. The van der Waals surface area contributed by atoms with Crippen LogP contribution in [-0.4, -0.2) is 37.1 Å². The Balaban J connectivity index is 2.90. The van der Waals surface area contributed by atoms with E-state index in [4.69, 9.17) is 4.74 Å². The second-order valence-electron chi connectivity index (χ2n) is 3.93. The number of rotatable bonds is 7. The molecule has 0 saturated carbocycles. The smallest absolute Gasteiger partial charge is 0.311 e. The van der Waals surface area contributed by atoms with E-state index in [-0.39, 0.29) is 36.6 Å². The van der Waals surface area contributed by atoms with Crippen molar-refractivity contribution in [3.05, 3.63) is 33.9 Å². The zero-order valence-electron chi connectivity index (χ0n) is 11.8. The molecule has 0 atom stereocenters. The van der Waals surface area contributed by atoms with Gasteiger partial charge in [-0.2, -0.15) is 0 Å². The van der Waals surface area contributed by atoms with Crippen molar-refractivity contribution in [1.82, 2.24) is 5.32 Å². The number of methoxy groups -OCH3 is 1. The molecule has 0 aliphatic rings. The quantitative estimate of drug-likeness (QED) is 0.461. The molecule has 0 saturated heterocycles. The van der Waals surface area contributed by atoms with Gasteiger partial charge in [-0.1, -0.05) is 6.07 Å². The Labute approximate surface area is 121 Å². The molecular weight excluding hydrogens is 280 g/mol. The Morgan fingerprint density at radius 2 is 2.10 bits per heavy atom. The van der Waals surface area contributed by atoms with Gasteiger partial charge in [-0.15, -0.1) is 0 Å². The summed E-state index contributed by atoms with van der Waals surface area (Å²) >= 11 is 0. The Kier molecular flexibility index (Phi) is 6.12. The van der Waals surface area contributed by atoms with Crippen molar-refractivity contribution in [2.24, 2.45) is 0 Å². The maximum Gasteiger partial charge on any atom is 0.311 e. The highest BCUT2D eigenvalue weighted by molar-refractivity contribution is 5.98. The van der Waals surface area contributed by atoms with Crippen LogP contribution >= 0.6 is 0 Å². The second-order valence-corrected chi connectivity index (χ2v) is 3.93. The molecule has 0 unspecified atom stereocenters. The van der Waals surface area contributed by atoms with Crippen molar-refractivity contribution in [3.63, 3.8) is 0 Å². The number of nitrogens with one attached hydrogen (secondary N) is 1. The van der Waals surface area contributed by atoms with Crippen LogP contribution in [0.5, 0.6) is 5.75 Å². The van der Waals surface area contributed by atoms with Crippen LogP contribution in [0, 0.1) is 10.1 Å². The second kappa shape index (κ2) is 7.83. The van der Waals surface area contributed by atoms with Gasteiger partial charge in [-0.3, -0.25) is 19.7 Å². The first-order valence-corrected chi connectivity index (χ1v) is 6.26. The van der Waals surface area contributed by atoms with Gasteiger partial charge in [0.25, 0.3) is 5.91 Å². The highest BCUT2D eigenvalue weighted by atomic mass is 16.6. The minimum Gasteiger partial charge on any atom is -0.487 e. The number of hydrogen-bond donors (Lipinski definition) is 1. The number of nitro groups is 1. The molecule has 0 fully saturated rings. The molecule has 0 heterocycles. The number of hydrogen-bond acceptors (Lipinski definition) is 6. The molecule has 21 heavy (non-hydrogen) atoms. The van der Waals surface area contributed by atoms with E-state index in [1.807, 2.05) is 0 Å². The average Bonchev–Trinajstić information content (AvgIpc) is 2.47. The molecule has 0 aliphatic heterocycles. The normalized spacial score (nSPS) is 9.81. The summed E-state index contributed by atoms with van der Waals surface area (Å²) in [5.41, 5.74) is -0.228. The molecule has 0 spiro atoms. The summed E-state index contributed by atoms with van der Waals surface area (Å²) in [5.74, 6) is -1.09. The zero-order chi connectivity index (χ0) is 15.8. The van der Waals surface area contributed by atoms with E-state index in [0.29, 0.717) is 0 Å². The topological polar surface area (TPSA) is 108 Å². The number of carbonyl (C=O) groups excluding carboxylic acids is 2. The highest BCUT2D eigenvalue weighted by Gasteiger charge is 2.22. The lowest BCUT2D eigenvalue weighted by Gasteiger charge is -2.10. The number of ether oxygens (including phenoxy) is 2. The first-order chi connectivity index (χ1) is 10.0. The van der Waals surface area contributed by atoms with Crippen molar-refractivity contribution in [3.8, 4) is 5.75 Å². The molecule has 114 valence electrons. The predicted molar refractivity (Wildman–Crippen MR) is 73.2 cm³/mol. The summed E-state index contributed by atoms with van der Waals surface area (Å²) in [7, 11) is 1.25. The fourth-order valence-corrected chi connectivity index (χ4v) is 1.62. The first-order valence-electron chi connectivity index (χ1n) is 6.26. The van der Waals surface area contributed by atoms with Gasteiger partial charge in [0.1, 0.15) is 0 Å². The number of nitro benzene ring substituents is 1. The van der Waals surface area contributed by atoms with Crippen molar-refractivity contribution in [1.29, 1.82) is 0 Å². The predicted octanol–water partition coefficient (Wildman–Crippen LogP) is 1.29. The van der Waals surface area contributed by atoms with E-state index in [9.17, 15) is 19.7 Å². The molecule has 0 bridgehead atoms. The van der Waals surface area contributed by atoms with E-state index in [1.165, 1.54) is 25.3 Å². The Hall–Kier alpha value is -2.64. The molecule has 1 amide bonds. The fourth-order valence-electron chi connectivity index (χ4n) is 1.62. The number of esters is 1. The minimum atomic E-state index is -0.615. The lowest BCUT2D eigenvalue weighted by atomic mass is 10.1. The Morgan fingerprint density at radius 3 is 2.67 bits per heavy atom. The minimum absolute atomic E-state index is 0.0150. The third-order valence-corrected chi connectivity index (χ3v) is 2.57. The molecule has 1 N–H and O–H groups in total. The summed E-state index contributed by atoms with van der Waals surface area (Å²) in [4.78, 5) is 33.3. The van der Waals surface area contributed by atoms with Crippen LogP contribution in [0.4, 0.5) is 5.69 Å². The van der Waals surface area contributed by atoms with E-state index in [2.05, 4.69) is 10.1 Å². The molecule has 1 rings (SSSR count). The van der Waals surface area contributed by atoms with E-state index in [0.717, 1.165) is 0 Å². The molecule has 1 aromatic carbocycles.